The second-order valence-electron chi connectivity index (χ2n) is 7.13. The number of nitrogens with two attached hydrogens (primary N) is 1. The molecule has 1 aromatic heterocycles. The molecule has 6 heteroatoms. The Morgan fingerprint density at radius 2 is 1.93 bits per heavy atom. The summed E-state index contributed by atoms with van der Waals surface area (Å²) in [6.07, 6.45) is 8.91. The van der Waals surface area contributed by atoms with Crippen molar-refractivity contribution >= 4 is 11.6 Å². The molecule has 1 aromatic carbocycles. The number of hydrogen-bond acceptors (Lipinski definition) is 4. The van der Waals surface area contributed by atoms with E-state index in [9.17, 15) is 9.18 Å². The smallest absolute Gasteiger partial charge is 0.276 e. The second kappa shape index (κ2) is 9.87. The number of allylic oxidation sites excluding steroid dienone is 3. The Labute approximate surface area is 176 Å². The molecule has 5 nitrogen and oxygen atoms in total. The summed E-state index contributed by atoms with van der Waals surface area (Å²) in [7, 11) is 0. The topological polar surface area (TPSA) is 71.2 Å². The molecule has 156 valence electrons. The van der Waals surface area contributed by atoms with Gasteiger partial charge < -0.3 is 16.0 Å². The van der Waals surface area contributed by atoms with Crippen molar-refractivity contribution in [2.24, 2.45) is 0 Å². The van der Waals surface area contributed by atoms with Crippen LogP contribution in [0.15, 0.2) is 72.6 Å². The minimum absolute atomic E-state index is 0.0151. The molecule has 1 aliphatic rings. The summed E-state index contributed by atoms with van der Waals surface area (Å²) >= 11 is 0. The van der Waals surface area contributed by atoms with Crippen molar-refractivity contribution in [2.75, 3.05) is 18.8 Å². The average molecular weight is 407 g/mol. The first-order valence-corrected chi connectivity index (χ1v) is 10.1. The third kappa shape index (κ3) is 4.76. The summed E-state index contributed by atoms with van der Waals surface area (Å²) in [6, 6.07) is 10.0. The van der Waals surface area contributed by atoms with Gasteiger partial charge in [0.1, 0.15) is 5.69 Å². The molecule has 1 fully saturated rings. The van der Waals surface area contributed by atoms with Crippen LogP contribution in [0.4, 0.5) is 10.1 Å². The quantitative estimate of drug-likeness (QED) is 0.685. The SMILES string of the molecule is C=C/C(NC(=O)c1nc(-c2ccccc2)c(F)cc1N)=C(\C=C/C)N1CCCCC1. The van der Waals surface area contributed by atoms with Gasteiger partial charge >= 0.3 is 0 Å². The predicted molar refractivity (Wildman–Crippen MR) is 119 cm³/mol. The van der Waals surface area contributed by atoms with Crippen LogP contribution in [0, 0.1) is 5.82 Å². The molecule has 0 aliphatic carbocycles. The summed E-state index contributed by atoms with van der Waals surface area (Å²) in [5.74, 6) is -1.07. The zero-order chi connectivity index (χ0) is 21.5. The van der Waals surface area contributed by atoms with Crippen molar-refractivity contribution in [3.05, 3.63) is 84.1 Å². The Kier molecular flexibility index (Phi) is 7.01. The number of piperidine rings is 1. The van der Waals surface area contributed by atoms with Crippen LogP contribution in [0.25, 0.3) is 11.3 Å². The van der Waals surface area contributed by atoms with Crippen molar-refractivity contribution in [1.29, 1.82) is 0 Å². The van der Waals surface area contributed by atoms with Gasteiger partial charge in [-0.1, -0.05) is 43.0 Å². The van der Waals surface area contributed by atoms with Gasteiger partial charge in [-0.15, -0.1) is 0 Å². The Bertz CT molecular complexity index is 976. The highest BCUT2D eigenvalue weighted by atomic mass is 19.1. The van der Waals surface area contributed by atoms with Crippen LogP contribution in [0.5, 0.6) is 0 Å². The van der Waals surface area contributed by atoms with Gasteiger partial charge in [0.15, 0.2) is 11.5 Å². The van der Waals surface area contributed by atoms with Gasteiger partial charge in [0, 0.05) is 24.7 Å². The zero-order valence-corrected chi connectivity index (χ0v) is 17.2. The summed E-state index contributed by atoms with van der Waals surface area (Å²) in [5.41, 5.74) is 8.03. The Morgan fingerprint density at radius 1 is 1.23 bits per heavy atom. The van der Waals surface area contributed by atoms with E-state index in [0.29, 0.717) is 11.3 Å². The number of carbonyl (C=O) groups excluding carboxylic acids is 1. The largest absolute Gasteiger partial charge is 0.397 e. The van der Waals surface area contributed by atoms with Crippen LogP contribution in [0.2, 0.25) is 0 Å². The van der Waals surface area contributed by atoms with E-state index in [2.05, 4.69) is 21.8 Å². The third-order valence-electron chi connectivity index (χ3n) is 5.02. The number of rotatable bonds is 6. The molecule has 2 heterocycles. The normalized spacial score (nSPS) is 15.1. The van der Waals surface area contributed by atoms with E-state index in [4.69, 9.17) is 5.73 Å². The highest BCUT2D eigenvalue weighted by molar-refractivity contribution is 5.99. The van der Waals surface area contributed by atoms with Crippen molar-refractivity contribution in [3.63, 3.8) is 0 Å². The van der Waals surface area contributed by atoms with E-state index in [1.165, 1.54) is 6.42 Å². The monoisotopic (exact) mass is 406 g/mol. The fraction of sp³-hybridized carbons (Fsp3) is 0.250. The lowest BCUT2D eigenvalue weighted by Crippen LogP contribution is -2.33. The number of benzene rings is 1. The molecule has 0 spiro atoms. The first-order chi connectivity index (χ1) is 14.5. The molecule has 1 amide bonds. The number of halogens is 1. The fourth-order valence-electron chi connectivity index (χ4n) is 3.54. The van der Waals surface area contributed by atoms with E-state index in [0.717, 1.165) is 37.7 Å². The third-order valence-corrected chi connectivity index (χ3v) is 5.02. The summed E-state index contributed by atoms with van der Waals surface area (Å²) in [5, 5.41) is 2.87. The number of anilines is 1. The van der Waals surface area contributed by atoms with Crippen LogP contribution in [-0.4, -0.2) is 28.9 Å². The molecule has 1 saturated heterocycles. The molecular weight excluding hydrogens is 379 g/mol. The number of nitrogens with one attached hydrogen (secondary N) is 1. The van der Waals surface area contributed by atoms with E-state index in [1.807, 2.05) is 25.1 Å². The van der Waals surface area contributed by atoms with Crippen LogP contribution < -0.4 is 11.1 Å². The first kappa shape index (κ1) is 21.3. The van der Waals surface area contributed by atoms with Crippen LogP contribution in [0.3, 0.4) is 0 Å². The van der Waals surface area contributed by atoms with Gasteiger partial charge in [-0.2, -0.15) is 0 Å². The summed E-state index contributed by atoms with van der Waals surface area (Å²) in [6.45, 7) is 7.63. The second-order valence-corrected chi connectivity index (χ2v) is 7.13. The maximum Gasteiger partial charge on any atom is 0.276 e. The van der Waals surface area contributed by atoms with Crippen LogP contribution >= 0.6 is 0 Å². The molecule has 1 aliphatic heterocycles. The predicted octanol–water partition coefficient (Wildman–Crippen LogP) is 4.66. The molecule has 3 N–H and O–H groups in total. The van der Waals surface area contributed by atoms with Crippen molar-refractivity contribution in [2.45, 2.75) is 26.2 Å². The zero-order valence-electron chi connectivity index (χ0n) is 17.2. The first-order valence-electron chi connectivity index (χ1n) is 10.1. The molecule has 0 atom stereocenters. The minimum Gasteiger partial charge on any atom is -0.397 e. The molecule has 30 heavy (non-hydrogen) atoms. The van der Waals surface area contributed by atoms with Gasteiger partial charge in [0.2, 0.25) is 0 Å². The molecular formula is C24H27FN4O. The molecule has 3 rings (SSSR count). The lowest BCUT2D eigenvalue weighted by atomic mass is 10.1. The number of hydrogen-bond donors (Lipinski definition) is 2. The van der Waals surface area contributed by atoms with Gasteiger partial charge in [0.25, 0.3) is 5.91 Å². The average Bonchev–Trinajstić information content (AvgIpc) is 2.77. The number of likely N-dealkylation sites (tertiary alicyclic amines) is 1. The molecule has 0 saturated carbocycles. The number of aromatic nitrogens is 1. The summed E-state index contributed by atoms with van der Waals surface area (Å²) in [4.78, 5) is 19.5. The Morgan fingerprint density at radius 3 is 2.57 bits per heavy atom. The fourth-order valence-corrected chi connectivity index (χ4v) is 3.54. The van der Waals surface area contributed by atoms with Crippen molar-refractivity contribution in [1.82, 2.24) is 15.2 Å². The standard InChI is InChI=1S/C24H27FN4O/c1-3-11-21(29-14-9-6-10-15-29)20(4-2)27-24(30)23-19(26)16-18(25)22(28-23)17-12-7-5-8-13-17/h3-5,7-8,11-13,16H,2,6,9-10,14-15,26H2,1H3,(H,27,30)/b11-3-,21-20-. The molecule has 2 aromatic rings. The Hall–Kier alpha value is -3.41. The van der Waals surface area contributed by atoms with Gasteiger partial charge in [-0.05, 0) is 38.3 Å². The summed E-state index contributed by atoms with van der Waals surface area (Å²) < 4.78 is 14.5. The molecule has 0 unspecified atom stereocenters. The Balaban J connectivity index is 1.96. The van der Waals surface area contributed by atoms with E-state index in [-0.39, 0.29) is 17.1 Å². The number of carbonyl (C=O) groups is 1. The maximum absolute atomic E-state index is 14.5. The van der Waals surface area contributed by atoms with Crippen molar-refractivity contribution < 1.29 is 9.18 Å². The minimum atomic E-state index is -0.572. The lowest BCUT2D eigenvalue weighted by molar-refractivity contribution is 0.0962. The lowest BCUT2D eigenvalue weighted by Gasteiger charge is -2.31. The van der Waals surface area contributed by atoms with E-state index in [1.54, 1.807) is 30.3 Å². The highest BCUT2D eigenvalue weighted by Crippen LogP contribution is 2.25. The molecule has 0 bridgehead atoms. The number of nitrogens with zero attached hydrogens (tertiary/aromatic N) is 2. The number of nitrogen functional groups attached to an aromatic ring is 1. The number of pyridine rings is 1. The van der Waals surface area contributed by atoms with Gasteiger partial charge in [0.05, 0.1) is 17.1 Å². The van der Waals surface area contributed by atoms with Crippen LogP contribution in [0.1, 0.15) is 36.7 Å². The van der Waals surface area contributed by atoms with Crippen molar-refractivity contribution in [3.8, 4) is 11.3 Å². The molecule has 0 radical (unpaired) electrons. The van der Waals surface area contributed by atoms with Gasteiger partial charge in [-0.25, -0.2) is 9.37 Å². The van der Waals surface area contributed by atoms with E-state index >= 15 is 0 Å². The highest BCUT2D eigenvalue weighted by Gasteiger charge is 2.20. The number of amides is 1. The van der Waals surface area contributed by atoms with Crippen LogP contribution in [-0.2, 0) is 0 Å². The van der Waals surface area contributed by atoms with Gasteiger partial charge in [-0.3, -0.25) is 4.79 Å². The maximum atomic E-state index is 14.5. The van der Waals surface area contributed by atoms with E-state index < -0.39 is 11.7 Å².